The Bertz CT molecular complexity index is 588. The van der Waals surface area contributed by atoms with E-state index < -0.39 is 24.1 Å². The van der Waals surface area contributed by atoms with Gasteiger partial charge in [0.05, 0.1) is 5.56 Å². The highest BCUT2D eigenvalue weighted by atomic mass is 16.3. The van der Waals surface area contributed by atoms with E-state index in [0.717, 1.165) is 4.90 Å². The van der Waals surface area contributed by atoms with Crippen molar-refractivity contribution in [2.24, 2.45) is 0 Å². The minimum absolute atomic E-state index is 0.134. The largest absolute Gasteiger partial charge is 0.368 e. The van der Waals surface area contributed by atoms with Crippen LogP contribution in [-0.4, -0.2) is 43.7 Å². The molecule has 2 N–H and O–H groups in total. The Morgan fingerprint density at radius 3 is 2.84 bits per heavy atom. The van der Waals surface area contributed by atoms with Gasteiger partial charge in [-0.05, 0) is 6.42 Å². The van der Waals surface area contributed by atoms with Gasteiger partial charge in [0, 0.05) is 12.6 Å². The number of carbonyl (C=O) groups excluding carboxylic acids is 3. The van der Waals surface area contributed by atoms with Crippen LogP contribution in [0, 0.1) is 0 Å². The Kier molecular flexibility index (Phi) is 2.53. The van der Waals surface area contributed by atoms with Gasteiger partial charge in [-0.25, -0.2) is 9.97 Å². The van der Waals surface area contributed by atoms with Gasteiger partial charge >= 0.3 is 0 Å². The van der Waals surface area contributed by atoms with Crippen molar-refractivity contribution in [3.63, 3.8) is 0 Å². The summed E-state index contributed by atoms with van der Waals surface area (Å²) < 4.78 is 0. The Hall–Kier alpha value is -2.35. The molecule has 8 nitrogen and oxygen atoms in total. The maximum atomic E-state index is 12.2. The second-order valence-electron chi connectivity index (χ2n) is 4.37. The lowest BCUT2D eigenvalue weighted by atomic mass is 10.0. The smallest absolute Gasteiger partial charge is 0.260 e. The molecule has 0 saturated carbocycles. The van der Waals surface area contributed by atoms with Crippen LogP contribution < -0.4 is 5.32 Å². The highest BCUT2D eigenvalue weighted by molar-refractivity contribution is 6.05. The average Bonchev–Trinajstić information content (AvgIpc) is 2.64. The van der Waals surface area contributed by atoms with Crippen molar-refractivity contribution in [1.82, 2.24) is 20.2 Å². The number of fused-ring (bicyclic) bond motifs is 1. The van der Waals surface area contributed by atoms with Crippen molar-refractivity contribution < 1.29 is 19.5 Å². The highest BCUT2D eigenvalue weighted by Crippen LogP contribution is 2.32. The van der Waals surface area contributed by atoms with Gasteiger partial charge in [0.1, 0.15) is 18.1 Å². The number of carbonyl (C=O) groups is 3. The van der Waals surface area contributed by atoms with Crippen molar-refractivity contribution in [3.05, 3.63) is 23.8 Å². The Labute approximate surface area is 107 Å². The fourth-order valence-corrected chi connectivity index (χ4v) is 2.35. The Morgan fingerprint density at radius 1 is 1.37 bits per heavy atom. The molecule has 98 valence electrons. The van der Waals surface area contributed by atoms with Gasteiger partial charge in [-0.2, -0.15) is 0 Å². The van der Waals surface area contributed by atoms with Crippen LogP contribution in [0.3, 0.4) is 0 Å². The predicted molar refractivity (Wildman–Crippen MR) is 59.3 cm³/mol. The van der Waals surface area contributed by atoms with Crippen LogP contribution >= 0.6 is 0 Å². The number of aliphatic hydroxyl groups is 1. The molecular formula is C11H10N4O4. The molecule has 0 radical (unpaired) electrons. The topological polar surface area (TPSA) is 112 Å². The summed E-state index contributed by atoms with van der Waals surface area (Å²) in [5.74, 6) is -1.46. The van der Waals surface area contributed by atoms with Crippen LogP contribution in [0.25, 0.3) is 0 Å². The van der Waals surface area contributed by atoms with Gasteiger partial charge in [-0.3, -0.25) is 24.6 Å². The van der Waals surface area contributed by atoms with Crippen LogP contribution in [-0.2, 0) is 9.59 Å². The standard InChI is InChI=1S/C11H10N4O4/c16-7-2-1-6(9(17)14-7)15-10(18)5-3-12-4-13-8(5)11(15)19/h3-4,6,11,19H,1-2H2,(H,14,16,17). The molecule has 0 aromatic carbocycles. The predicted octanol–water partition coefficient (Wildman–Crippen LogP) is -1.27. The van der Waals surface area contributed by atoms with Crippen LogP contribution in [0.5, 0.6) is 0 Å². The van der Waals surface area contributed by atoms with Gasteiger partial charge in [0.2, 0.25) is 11.8 Å². The number of imide groups is 1. The van der Waals surface area contributed by atoms with Gasteiger partial charge < -0.3 is 5.11 Å². The third-order valence-electron chi connectivity index (χ3n) is 3.26. The first-order chi connectivity index (χ1) is 9.09. The molecule has 2 atom stereocenters. The highest BCUT2D eigenvalue weighted by Gasteiger charge is 2.45. The quantitative estimate of drug-likeness (QED) is 0.610. The molecule has 2 aliphatic rings. The monoisotopic (exact) mass is 262 g/mol. The summed E-state index contributed by atoms with van der Waals surface area (Å²) in [6, 6.07) is -0.866. The van der Waals surface area contributed by atoms with Crippen molar-refractivity contribution in [1.29, 1.82) is 0 Å². The van der Waals surface area contributed by atoms with Gasteiger partial charge in [0.25, 0.3) is 5.91 Å². The molecule has 0 aliphatic carbocycles. The molecule has 1 aromatic heterocycles. The molecule has 19 heavy (non-hydrogen) atoms. The fraction of sp³-hybridized carbons (Fsp3) is 0.364. The van der Waals surface area contributed by atoms with Crippen LogP contribution in [0.1, 0.15) is 35.1 Å². The maximum absolute atomic E-state index is 12.2. The van der Waals surface area contributed by atoms with E-state index in [1.54, 1.807) is 0 Å². The van der Waals surface area contributed by atoms with Gasteiger partial charge in [0.15, 0.2) is 6.23 Å². The van der Waals surface area contributed by atoms with E-state index in [2.05, 4.69) is 15.3 Å². The second kappa shape index (κ2) is 4.09. The Balaban J connectivity index is 1.94. The van der Waals surface area contributed by atoms with Crippen molar-refractivity contribution >= 4 is 17.7 Å². The maximum Gasteiger partial charge on any atom is 0.260 e. The molecule has 2 unspecified atom stereocenters. The van der Waals surface area contributed by atoms with Crippen molar-refractivity contribution in [2.45, 2.75) is 25.1 Å². The lowest BCUT2D eigenvalue weighted by molar-refractivity contribution is -0.139. The van der Waals surface area contributed by atoms with E-state index in [4.69, 9.17) is 0 Å². The summed E-state index contributed by atoms with van der Waals surface area (Å²) in [6.45, 7) is 0. The van der Waals surface area contributed by atoms with Crippen LogP contribution in [0.4, 0.5) is 0 Å². The van der Waals surface area contributed by atoms with E-state index in [-0.39, 0.29) is 30.0 Å². The molecule has 0 bridgehead atoms. The number of amides is 3. The minimum Gasteiger partial charge on any atom is -0.368 e. The molecular weight excluding hydrogens is 252 g/mol. The molecule has 1 fully saturated rings. The fourth-order valence-electron chi connectivity index (χ4n) is 2.35. The normalized spacial score (nSPS) is 26.4. The lowest BCUT2D eigenvalue weighted by Crippen LogP contribution is -2.53. The Morgan fingerprint density at radius 2 is 2.16 bits per heavy atom. The number of nitrogens with zero attached hydrogens (tertiary/aromatic N) is 3. The second-order valence-corrected chi connectivity index (χ2v) is 4.37. The zero-order valence-corrected chi connectivity index (χ0v) is 9.74. The van der Waals surface area contributed by atoms with E-state index in [1.165, 1.54) is 12.5 Å². The van der Waals surface area contributed by atoms with Gasteiger partial charge in [-0.15, -0.1) is 0 Å². The third kappa shape index (κ3) is 1.68. The summed E-state index contributed by atoms with van der Waals surface area (Å²) in [5.41, 5.74) is 0.365. The van der Waals surface area contributed by atoms with E-state index in [0.29, 0.717) is 0 Å². The number of aromatic nitrogens is 2. The number of rotatable bonds is 1. The molecule has 1 aromatic rings. The number of hydrogen-bond acceptors (Lipinski definition) is 6. The third-order valence-corrected chi connectivity index (χ3v) is 3.26. The molecule has 0 spiro atoms. The van der Waals surface area contributed by atoms with Gasteiger partial charge in [-0.1, -0.05) is 0 Å². The molecule has 2 aliphatic heterocycles. The molecule has 3 heterocycles. The van der Waals surface area contributed by atoms with E-state index >= 15 is 0 Å². The molecule has 3 rings (SSSR count). The number of aliphatic hydroxyl groups excluding tert-OH is 1. The first-order valence-corrected chi connectivity index (χ1v) is 5.74. The first-order valence-electron chi connectivity index (χ1n) is 5.74. The molecule has 1 saturated heterocycles. The summed E-state index contributed by atoms with van der Waals surface area (Å²) in [4.78, 5) is 43.6. The van der Waals surface area contributed by atoms with E-state index in [1.807, 2.05) is 0 Å². The SMILES string of the molecule is O=C1CCC(N2C(=O)c3cncnc3C2O)C(=O)N1. The molecule has 8 heteroatoms. The zero-order chi connectivity index (χ0) is 13.6. The molecule has 3 amide bonds. The summed E-state index contributed by atoms with van der Waals surface area (Å²) in [5, 5.41) is 12.3. The number of hydrogen-bond donors (Lipinski definition) is 2. The number of piperidine rings is 1. The van der Waals surface area contributed by atoms with Crippen LogP contribution in [0.15, 0.2) is 12.5 Å². The minimum atomic E-state index is -1.28. The first kappa shape index (κ1) is 11.7. The van der Waals surface area contributed by atoms with Crippen molar-refractivity contribution in [3.8, 4) is 0 Å². The summed E-state index contributed by atoms with van der Waals surface area (Å²) >= 11 is 0. The van der Waals surface area contributed by atoms with Crippen LogP contribution in [0.2, 0.25) is 0 Å². The van der Waals surface area contributed by atoms with Crippen molar-refractivity contribution in [2.75, 3.05) is 0 Å². The summed E-state index contributed by atoms with van der Waals surface area (Å²) in [7, 11) is 0. The average molecular weight is 262 g/mol. The number of nitrogens with one attached hydrogen (secondary N) is 1. The zero-order valence-electron chi connectivity index (χ0n) is 9.74. The summed E-state index contributed by atoms with van der Waals surface area (Å²) in [6.07, 6.45) is 1.57. The van der Waals surface area contributed by atoms with E-state index in [9.17, 15) is 19.5 Å². The lowest BCUT2D eigenvalue weighted by Gasteiger charge is -2.31.